The van der Waals surface area contributed by atoms with Crippen LogP contribution >= 0.6 is 0 Å². The van der Waals surface area contributed by atoms with Crippen LogP contribution in [-0.2, 0) is 11.4 Å². The molecule has 1 N–H and O–H groups in total. The second kappa shape index (κ2) is 4.13. The first-order valence-corrected chi connectivity index (χ1v) is 3.43. The molecule has 2 nitrogen and oxygen atoms in total. The van der Waals surface area contributed by atoms with Crippen molar-refractivity contribution >= 4 is 0 Å². The Hall–Kier alpha value is -1.00. The molecule has 0 heterocycles. The van der Waals surface area contributed by atoms with Gasteiger partial charge in [-0.25, -0.2) is 8.78 Å². The van der Waals surface area contributed by atoms with Crippen molar-refractivity contribution in [1.82, 2.24) is 5.48 Å². The van der Waals surface area contributed by atoms with Gasteiger partial charge in [-0.15, -0.1) is 0 Å². The lowest BCUT2D eigenvalue weighted by molar-refractivity contribution is 0.0866. The third-order valence-corrected chi connectivity index (χ3v) is 1.34. The van der Waals surface area contributed by atoms with Crippen molar-refractivity contribution in [3.63, 3.8) is 0 Å². The van der Waals surface area contributed by atoms with Crippen molar-refractivity contribution in [1.29, 1.82) is 0 Å². The van der Waals surface area contributed by atoms with Crippen LogP contribution in [0.15, 0.2) is 18.2 Å². The third kappa shape index (κ3) is 2.56. The van der Waals surface area contributed by atoms with Gasteiger partial charge in [0.15, 0.2) is 0 Å². The first-order chi connectivity index (χ1) is 5.72. The molecule has 0 aliphatic heterocycles. The Morgan fingerprint density at radius 2 is 1.83 bits per heavy atom. The lowest BCUT2D eigenvalue weighted by Gasteiger charge is -2.01. The van der Waals surface area contributed by atoms with Gasteiger partial charge < -0.3 is 4.84 Å². The van der Waals surface area contributed by atoms with E-state index in [0.29, 0.717) is 5.56 Å². The van der Waals surface area contributed by atoms with E-state index in [2.05, 4.69) is 10.3 Å². The molecule has 0 bridgehead atoms. The molecule has 0 amide bonds. The maximum atomic E-state index is 12.5. The Kier molecular flexibility index (Phi) is 3.13. The molecule has 0 saturated heterocycles. The number of hydrogen-bond donors (Lipinski definition) is 1. The van der Waals surface area contributed by atoms with E-state index in [9.17, 15) is 8.78 Å². The summed E-state index contributed by atoms with van der Waals surface area (Å²) < 4.78 is 25.1. The van der Waals surface area contributed by atoms with Crippen molar-refractivity contribution in [3.05, 3.63) is 35.4 Å². The fourth-order valence-electron chi connectivity index (χ4n) is 0.869. The highest BCUT2D eigenvalue weighted by atomic mass is 19.1. The maximum absolute atomic E-state index is 12.5. The lowest BCUT2D eigenvalue weighted by Crippen LogP contribution is -2.10. The molecule has 1 rings (SSSR count). The molecule has 4 heteroatoms. The predicted molar refractivity (Wildman–Crippen MR) is 40.2 cm³/mol. The summed E-state index contributed by atoms with van der Waals surface area (Å²) in [5.74, 6) is -1.16. The quantitative estimate of drug-likeness (QED) is 0.701. The van der Waals surface area contributed by atoms with Crippen molar-refractivity contribution in [2.75, 3.05) is 7.11 Å². The summed E-state index contributed by atoms with van der Waals surface area (Å²) in [6.45, 7) is 0.283. The Bertz CT molecular complexity index is 245. The van der Waals surface area contributed by atoms with Crippen LogP contribution in [0.4, 0.5) is 8.78 Å². The minimum atomic E-state index is -0.581. The zero-order valence-corrected chi connectivity index (χ0v) is 6.60. The van der Waals surface area contributed by atoms with E-state index in [1.807, 2.05) is 0 Å². The minimum absolute atomic E-state index is 0.283. The first kappa shape index (κ1) is 9.09. The summed E-state index contributed by atoms with van der Waals surface area (Å²) in [6.07, 6.45) is 0. The van der Waals surface area contributed by atoms with Crippen LogP contribution in [0.3, 0.4) is 0 Å². The number of hydroxylamine groups is 1. The van der Waals surface area contributed by atoms with Gasteiger partial charge in [0.05, 0.1) is 7.11 Å². The Labute approximate surface area is 69.1 Å². The second-order valence-electron chi connectivity index (χ2n) is 2.30. The number of nitrogens with one attached hydrogen (secondary N) is 1. The molecule has 1 aromatic carbocycles. The van der Waals surface area contributed by atoms with E-state index in [4.69, 9.17) is 0 Å². The summed E-state index contributed by atoms with van der Waals surface area (Å²) in [4.78, 5) is 4.53. The van der Waals surface area contributed by atoms with Crippen LogP contribution in [0, 0.1) is 11.6 Å². The first-order valence-electron chi connectivity index (χ1n) is 3.43. The van der Waals surface area contributed by atoms with Crippen molar-refractivity contribution in [2.45, 2.75) is 6.54 Å². The van der Waals surface area contributed by atoms with Crippen molar-refractivity contribution < 1.29 is 13.6 Å². The topological polar surface area (TPSA) is 21.3 Å². The third-order valence-electron chi connectivity index (χ3n) is 1.34. The van der Waals surface area contributed by atoms with Gasteiger partial charge in [0.1, 0.15) is 11.6 Å². The minimum Gasteiger partial charge on any atom is -0.305 e. The molecule has 0 atom stereocenters. The van der Waals surface area contributed by atoms with Crippen LogP contribution in [0.25, 0.3) is 0 Å². The molecule has 0 radical (unpaired) electrons. The van der Waals surface area contributed by atoms with Crippen LogP contribution in [-0.4, -0.2) is 7.11 Å². The summed E-state index contributed by atoms with van der Waals surface area (Å²) in [6, 6.07) is 3.32. The van der Waals surface area contributed by atoms with E-state index in [-0.39, 0.29) is 6.54 Å². The highest BCUT2D eigenvalue weighted by Gasteiger charge is 1.99. The summed E-state index contributed by atoms with van der Waals surface area (Å²) in [7, 11) is 1.44. The van der Waals surface area contributed by atoms with Gasteiger partial charge >= 0.3 is 0 Å². The fraction of sp³-hybridized carbons (Fsp3) is 0.250. The summed E-state index contributed by atoms with van der Waals surface area (Å²) in [5.41, 5.74) is 2.99. The number of halogens is 2. The zero-order chi connectivity index (χ0) is 8.97. The van der Waals surface area contributed by atoms with Gasteiger partial charge in [0.2, 0.25) is 0 Å². The molecule has 0 aliphatic rings. The van der Waals surface area contributed by atoms with E-state index in [0.717, 1.165) is 6.07 Å². The summed E-state index contributed by atoms with van der Waals surface area (Å²) >= 11 is 0. The Morgan fingerprint density at radius 1 is 1.25 bits per heavy atom. The molecular weight excluding hydrogens is 164 g/mol. The largest absolute Gasteiger partial charge is 0.305 e. The van der Waals surface area contributed by atoms with Crippen molar-refractivity contribution in [3.8, 4) is 0 Å². The number of benzene rings is 1. The average molecular weight is 173 g/mol. The average Bonchev–Trinajstić information content (AvgIpc) is 1.99. The molecule has 0 fully saturated rings. The predicted octanol–water partition coefficient (Wildman–Crippen LogP) is 1.62. The van der Waals surface area contributed by atoms with Crippen LogP contribution in [0.5, 0.6) is 0 Å². The van der Waals surface area contributed by atoms with Gasteiger partial charge in [0.25, 0.3) is 0 Å². The SMILES string of the molecule is CONCc1cc(F)cc(F)c1. The Morgan fingerprint density at radius 3 is 2.33 bits per heavy atom. The molecule has 0 aliphatic carbocycles. The van der Waals surface area contributed by atoms with Crippen LogP contribution in [0.2, 0.25) is 0 Å². The van der Waals surface area contributed by atoms with E-state index in [1.165, 1.54) is 19.2 Å². The lowest BCUT2D eigenvalue weighted by atomic mass is 10.2. The molecular formula is C8H9F2NO. The van der Waals surface area contributed by atoms with Crippen LogP contribution in [0.1, 0.15) is 5.56 Å². The van der Waals surface area contributed by atoms with Gasteiger partial charge in [-0.05, 0) is 17.7 Å². The van der Waals surface area contributed by atoms with E-state index in [1.54, 1.807) is 0 Å². The molecule has 0 unspecified atom stereocenters. The molecule has 0 aromatic heterocycles. The maximum Gasteiger partial charge on any atom is 0.126 e. The smallest absolute Gasteiger partial charge is 0.126 e. The highest BCUT2D eigenvalue weighted by Crippen LogP contribution is 2.07. The molecule has 66 valence electrons. The molecule has 1 aromatic rings. The van der Waals surface area contributed by atoms with Crippen molar-refractivity contribution in [2.24, 2.45) is 0 Å². The van der Waals surface area contributed by atoms with Gasteiger partial charge in [-0.2, -0.15) is 5.48 Å². The Balaban J connectivity index is 2.72. The zero-order valence-electron chi connectivity index (χ0n) is 6.60. The van der Waals surface area contributed by atoms with Gasteiger partial charge in [0, 0.05) is 12.6 Å². The standard InChI is InChI=1S/C8H9F2NO/c1-12-11-5-6-2-7(9)4-8(10)3-6/h2-4,11H,5H2,1H3. The monoisotopic (exact) mass is 173 g/mol. The molecule has 12 heavy (non-hydrogen) atoms. The highest BCUT2D eigenvalue weighted by molar-refractivity contribution is 5.17. The van der Waals surface area contributed by atoms with Crippen LogP contribution < -0.4 is 5.48 Å². The van der Waals surface area contributed by atoms with Gasteiger partial charge in [-0.3, -0.25) is 0 Å². The van der Waals surface area contributed by atoms with Gasteiger partial charge in [-0.1, -0.05) is 0 Å². The number of hydrogen-bond acceptors (Lipinski definition) is 2. The fourth-order valence-corrected chi connectivity index (χ4v) is 0.869. The molecule has 0 spiro atoms. The van der Waals surface area contributed by atoms with E-state index < -0.39 is 11.6 Å². The second-order valence-corrected chi connectivity index (χ2v) is 2.30. The summed E-state index contributed by atoms with van der Waals surface area (Å²) in [5, 5.41) is 0. The number of rotatable bonds is 3. The molecule has 0 saturated carbocycles. The normalized spacial score (nSPS) is 10.2. The van der Waals surface area contributed by atoms with E-state index >= 15 is 0 Å².